The number of nitrogens with zero attached hydrogens (tertiary/aromatic N) is 2. The lowest BCUT2D eigenvalue weighted by atomic mass is 9.90. The van der Waals surface area contributed by atoms with Crippen molar-refractivity contribution >= 4 is 23.5 Å². The Balaban J connectivity index is 2.08. The first-order valence-corrected chi connectivity index (χ1v) is 6.80. The van der Waals surface area contributed by atoms with Crippen LogP contribution in [-0.4, -0.2) is 28.3 Å². The highest BCUT2D eigenvalue weighted by atomic mass is 35.5. The first-order chi connectivity index (χ1) is 9.60. The van der Waals surface area contributed by atoms with Crippen molar-refractivity contribution in [1.29, 1.82) is 5.26 Å². The third-order valence-electron chi connectivity index (χ3n) is 3.38. The van der Waals surface area contributed by atoms with Gasteiger partial charge in [-0.2, -0.15) is 5.26 Å². The summed E-state index contributed by atoms with van der Waals surface area (Å²) in [4.78, 5) is 14.9. The van der Waals surface area contributed by atoms with E-state index in [-0.39, 0.29) is 17.2 Å². The molecule has 0 aliphatic heterocycles. The maximum Gasteiger partial charge on any atom is 0.404 e. The summed E-state index contributed by atoms with van der Waals surface area (Å²) in [6.07, 6.45) is 2.69. The van der Waals surface area contributed by atoms with Crippen LogP contribution in [0.1, 0.15) is 31.2 Å². The van der Waals surface area contributed by atoms with Gasteiger partial charge in [-0.15, -0.1) is 0 Å². The van der Waals surface area contributed by atoms with Crippen LogP contribution in [0, 0.1) is 11.3 Å². The van der Waals surface area contributed by atoms with Gasteiger partial charge in [0, 0.05) is 6.04 Å². The van der Waals surface area contributed by atoms with E-state index in [4.69, 9.17) is 22.0 Å². The fourth-order valence-electron chi connectivity index (χ4n) is 2.42. The Kier molecular flexibility index (Phi) is 4.64. The van der Waals surface area contributed by atoms with Crippen LogP contribution in [0.3, 0.4) is 0 Å². The van der Waals surface area contributed by atoms with Crippen molar-refractivity contribution in [3.63, 3.8) is 0 Å². The zero-order chi connectivity index (χ0) is 14.5. The number of hydrogen-bond acceptors (Lipinski definition) is 4. The molecule has 0 bridgehead atoms. The van der Waals surface area contributed by atoms with Crippen LogP contribution in [0.4, 0.5) is 10.6 Å². The monoisotopic (exact) mass is 294 g/mol. The highest BCUT2D eigenvalue weighted by Gasteiger charge is 2.26. The number of nitriles is 1. The molecule has 1 fully saturated rings. The van der Waals surface area contributed by atoms with E-state index < -0.39 is 6.09 Å². The number of anilines is 1. The summed E-state index contributed by atoms with van der Waals surface area (Å²) in [5.74, 6) is 0.554. The molecule has 0 aromatic carbocycles. The van der Waals surface area contributed by atoms with Gasteiger partial charge in [-0.05, 0) is 25.0 Å². The van der Waals surface area contributed by atoms with Gasteiger partial charge in [0.25, 0.3) is 0 Å². The molecular weight excluding hydrogens is 280 g/mol. The highest BCUT2D eigenvalue weighted by Crippen LogP contribution is 2.23. The Hall–Kier alpha value is -2.00. The van der Waals surface area contributed by atoms with Crippen molar-refractivity contribution in [2.45, 2.75) is 37.8 Å². The maximum absolute atomic E-state index is 10.8. The summed E-state index contributed by atoms with van der Waals surface area (Å²) in [6.45, 7) is 0. The minimum Gasteiger partial charge on any atom is -0.465 e. The van der Waals surface area contributed by atoms with E-state index in [0.29, 0.717) is 11.4 Å². The van der Waals surface area contributed by atoms with Crippen LogP contribution >= 0.6 is 11.6 Å². The van der Waals surface area contributed by atoms with E-state index in [2.05, 4.69) is 15.6 Å². The molecule has 0 saturated heterocycles. The Morgan fingerprint density at radius 3 is 2.70 bits per heavy atom. The quantitative estimate of drug-likeness (QED) is 0.744. The molecule has 1 heterocycles. The molecule has 2 atom stereocenters. The summed E-state index contributed by atoms with van der Waals surface area (Å²) in [6, 6.07) is 5.06. The number of rotatable bonds is 3. The lowest BCUT2D eigenvalue weighted by Gasteiger charge is -2.32. The number of carbonyl (C=O) groups is 1. The average Bonchev–Trinajstić information content (AvgIpc) is 2.41. The van der Waals surface area contributed by atoms with Crippen LogP contribution < -0.4 is 10.6 Å². The number of carboxylic acid groups (broad SMARTS) is 1. The molecule has 0 radical (unpaired) electrons. The maximum atomic E-state index is 10.8. The second kappa shape index (κ2) is 6.44. The highest BCUT2D eigenvalue weighted by molar-refractivity contribution is 6.30. The third-order valence-corrected chi connectivity index (χ3v) is 3.67. The molecule has 1 aliphatic carbocycles. The third kappa shape index (κ3) is 3.52. The Bertz CT molecular complexity index is 544. The number of halogens is 1. The van der Waals surface area contributed by atoms with Gasteiger partial charge in [-0.3, -0.25) is 0 Å². The van der Waals surface area contributed by atoms with Crippen LogP contribution in [0.5, 0.6) is 0 Å². The number of pyridine rings is 1. The number of nitrogens with one attached hydrogen (secondary N) is 2. The molecule has 0 spiro atoms. The van der Waals surface area contributed by atoms with Gasteiger partial charge in [0.05, 0.1) is 11.6 Å². The van der Waals surface area contributed by atoms with E-state index in [1.165, 1.54) is 0 Å². The van der Waals surface area contributed by atoms with Crippen molar-refractivity contribution in [1.82, 2.24) is 10.3 Å². The molecule has 1 amide bonds. The van der Waals surface area contributed by atoms with Crippen LogP contribution in [0.15, 0.2) is 12.1 Å². The van der Waals surface area contributed by atoms with Gasteiger partial charge in [0.2, 0.25) is 0 Å². The van der Waals surface area contributed by atoms with E-state index in [0.717, 1.165) is 25.7 Å². The van der Waals surface area contributed by atoms with Crippen molar-refractivity contribution in [3.05, 3.63) is 22.8 Å². The molecular formula is C13H15ClN4O2. The van der Waals surface area contributed by atoms with Crippen molar-refractivity contribution in [2.24, 2.45) is 0 Å². The average molecular weight is 295 g/mol. The lowest BCUT2D eigenvalue weighted by molar-refractivity contribution is 0.184. The van der Waals surface area contributed by atoms with Gasteiger partial charge in [0.1, 0.15) is 17.0 Å². The number of amides is 1. The molecule has 1 saturated carbocycles. The second-order valence-electron chi connectivity index (χ2n) is 4.74. The molecule has 2 rings (SSSR count). The van der Waals surface area contributed by atoms with E-state index >= 15 is 0 Å². The molecule has 1 aromatic heterocycles. The number of hydrogen-bond donors (Lipinski definition) is 3. The Morgan fingerprint density at radius 1 is 1.40 bits per heavy atom. The smallest absolute Gasteiger partial charge is 0.404 e. The first kappa shape index (κ1) is 14.4. The van der Waals surface area contributed by atoms with Gasteiger partial charge in [-0.25, -0.2) is 9.78 Å². The SMILES string of the molecule is N#Cc1ccc(NC2CCCCC2NC(=O)O)nc1Cl. The van der Waals surface area contributed by atoms with Gasteiger partial charge in [-0.1, -0.05) is 24.4 Å². The van der Waals surface area contributed by atoms with Gasteiger partial charge < -0.3 is 15.7 Å². The van der Waals surface area contributed by atoms with Gasteiger partial charge >= 0.3 is 6.09 Å². The predicted molar refractivity (Wildman–Crippen MR) is 74.8 cm³/mol. The predicted octanol–water partition coefficient (Wildman–Crippen LogP) is 2.60. The zero-order valence-corrected chi connectivity index (χ0v) is 11.5. The number of aromatic nitrogens is 1. The molecule has 2 unspecified atom stereocenters. The Morgan fingerprint density at radius 2 is 2.10 bits per heavy atom. The molecule has 20 heavy (non-hydrogen) atoms. The normalized spacial score (nSPS) is 21.8. The van der Waals surface area contributed by atoms with Gasteiger partial charge in [0.15, 0.2) is 0 Å². The molecule has 1 aliphatic rings. The minimum atomic E-state index is -1.02. The summed E-state index contributed by atoms with van der Waals surface area (Å²) < 4.78 is 0. The zero-order valence-electron chi connectivity index (χ0n) is 10.8. The fourth-order valence-corrected chi connectivity index (χ4v) is 2.62. The first-order valence-electron chi connectivity index (χ1n) is 6.43. The molecule has 6 nitrogen and oxygen atoms in total. The molecule has 106 valence electrons. The summed E-state index contributed by atoms with van der Waals surface area (Å²) in [7, 11) is 0. The fraction of sp³-hybridized carbons (Fsp3) is 0.462. The van der Waals surface area contributed by atoms with Crippen molar-refractivity contribution < 1.29 is 9.90 Å². The van der Waals surface area contributed by atoms with Crippen molar-refractivity contribution in [3.8, 4) is 6.07 Å². The Labute approximate surface area is 121 Å². The molecule has 7 heteroatoms. The van der Waals surface area contributed by atoms with E-state index in [9.17, 15) is 4.79 Å². The summed E-state index contributed by atoms with van der Waals surface area (Å²) in [5, 5.41) is 23.5. The van der Waals surface area contributed by atoms with Crippen LogP contribution in [-0.2, 0) is 0 Å². The van der Waals surface area contributed by atoms with Crippen molar-refractivity contribution in [2.75, 3.05) is 5.32 Å². The topological polar surface area (TPSA) is 98.0 Å². The van der Waals surface area contributed by atoms with Crippen LogP contribution in [0.2, 0.25) is 5.15 Å². The largest absolute Gasteiger partial charge is 0.465 e. The summed E-state index contributed by atoms with van der Waals surface area (Å²) >= 11 is 5.88. The van der Waals surface area contributed by atoms with E-state index in [1.54, 1.807) is 12.1 Å². The lowest BCUT2D eigenvalue weighted by Crippen LogP contribution is -2.48. The second-order valence-corrected chi connectivity index (χ2v) is 5.10. The molecule has 1 aromatic rings. The van der Waals surface area contributed by atoms with E-state index in [1.807, 2.05) is 6.07 Å². The minimum absolute atomic E-state index is 0.0173. The van der Waals surface area contributed by atoms with Crippen LogP contribution in [0.25, 0.3) is 0 Å². The standard InChI is InChI=1S/C13H15ClN4O2/c14-12-8(7-15)5-6-11(18-12)16-9-3-1-2-4-10(9)17-13(19)20/h5-6,9-10,17H,1-4H2,(H,16,18)(H,19,20). The molecule has 3 N–H and O–H groups in total. The summed E-state index contributed by atoms with van der Waals surface area (Å²) in [5.41, 5.74) is 0.320.